The number of benzene rings is 2. The first kappa shape index (κ1) is 37.6. The molecule has 3 amide bonds. The average Bonchev–Trinajstić information content (AvgIpc) is 3.91. The first-order chi connectivity index (χ1) is 26.1. The van der Waals surface area contributed by atoms with Crippen LogP contribution in [-0.4, -0.2) is 124 Å². The highest BCUT2D eigenvalue weighted by Crippen LogP contribution is 2.42. The summed E-state index contributed by atoms with van der Waals surface area (Å²) in [5.41, 5.74) is 2.64. The van der Waals surface area contributed by atoms with Gasteiger partial charge in [0.05, 0.1) is 47.7 Å². The van der Waals surface area contributed by atoms with E-state index in [1.54, 1.807) is 37.8 Å². The molecule has 0 radical (unpaired) electrons. The number of ether oxygens (including phenoxy) is 2. The minimum Gasteiger partial charge on any atom is -0.496 e. The molecule has 7 rings (SSSR count). The average molecular weight is 778 g/mol. The molecule has 4 aromatic rings. The van der Waals surface area contributed by atoms with Gasteiger partial charge in [0.25, 0.3) is 5.91 Å². The van der Waals surface area contributed by atoms with E-state index in [1.165, 1.54) is 4.90 Å². The monoisotopic (exact) mass is 776 g/mol. The van der Waals surface area contributed by atoms with E-state index < -0.39 is 29.0 Å². The highest BCUT2D eigenvalue weighted by molar-refractivity contribution is 6.42. The molecule has 2 atom stereocenters. The van der Waals surface area contributed by atoms with Crippen molar-refractivity contribution in [2.24, 2.45) is 0 Å². The van der Waals surface area contributed by atoms with Gasteiger partial charge in [0.1, 0.15) is 11.4 Å². The number of hydrogen-bond acceptors (Lipinski definition) is 9. The van der Waals surface area contributed by atoms with E-state index >= 15 is 0 Å². The largest absolute Gasteiger partial charge is 0.496 e. The molecule has 0 saturated carbocycles. The SMILES string of the molecule is COc1ccc(-c2cn[nH]n2)cc1C(=O)N1CCC(CCN2CCC(NC(=O)N3CCOCC3C(=O)O)(c3ccncc3)CC2)(c2ccc(Cl)c(Cl)c2)C1. The number of aliphatic carboxylic acids is 1. The van der Waals surface area contributed by atoms with Crippen LogP contribution in [0.5, 0.6) is 5.75 Å². The number of urea groups is 1. The van der Waals surface area contributed by atoms with Crippen LogP contribution < -0.4 is 10.1 Å². The summed E-state index contributed by atoms with van der Waals surface area (Å²) in [6.07, 6.45) is 7.70. The van der Waals surface area contributed by atoms with E-state index in [-0.39, 0.29) is 25.7 Å². The third-order valence-electron chi connectivity index (χ3n) is 11.2. The minimum atomic E-state index is -1.10. The second-order valence-electron chi connectivity index (χ2n) is 14.1. The zero-order valence-electron chi connectivity index (χ0n) is 29.8. The number of piperidine rings is 1. The lowest BCUT2D eigenvalue weighted by Gasteiger charge is -2.45. The summed E-state index contributed by atoms with van der Waals surface area (Å²) in [5.74, 6) is -0.759. The second-order valence-corrected chi connectivity index (χ2v) is 14.9. The number of nitrogens with one attached hydrogen (secondary N) is 2. The summed E-state index contributed by atoms with van der Waals surface area (Å²) in [7, 11) is 1.55. The fourth-order valence-electron chi connectivity index (χ4n) is 8.02. The van der Waals surface area contributed by atoms with Gasteiger partial charge >= 0.3 is 12.0 Å². The summed E-state index contributed by atoms with van der Waals surface area (Å²) in [6, 6.07) is 13.5. The molecule has 3 aliphatic heterocycles. The molecule has 2 aromatic heterocycles. The Labute approximate surface area is 322 Å². The van der Waals surface area contributed by atoms with Crippen molar-refractivity contribution in [2.75, 3.05) is 59.6 Å². The second kappa shape index (κ2) is 15.9. The number of amides is 3. The molecule has 0 spiro atoms. The van der Waals surface area contributed by atoms with Gasteiger partial charge < -0.3 is 34.6 Å². The Morgan fingerprint density at radius 1 is 1.00 bits per heavy atom. The number of H-pyrrole nitrogens is 1. The van der Waals surface area contributed by atoms with Gasteiger partial charge in [-0.3, -0.25) is 9.78 Å². The quantitative estimate of drug-likeness (QED) is 0.203. The maximum Gasteiger partial charge on any atom is 0.328 e. The van der Waals surface area contributed by atoms with Crippen LogP contribution in [0.4, 0.5) is 4.79 Å². The molecule has 14 nitrogen and oxygen atoms in total. The number of nitrogens with zero attached hydrogens (tertiary/aromatic N) is 6. The number of pyridine rings is 1. The zero-order chi connectivity index (χ0) is 37.9. The smallest absolute Gasteiger partial charge is 0.328 e. The van der Waals surface area contributed by atoms with Crippen LogP contribution in [0.3, 0.4) is 0 Å². The molecule has 3 fully saturated rings. The number of carbonyl (C=O) groups is 3. The van der Waals surface area contributed by atoms with Gasteiger partial charge in [0.2, 0.25) is 0 Å². The first-order valence-electron chi connectivity index (χ1n) is 17.9. The molecule has 0 bridgehead atoms. The molecular formula is C38H42Cl2N8O6. The number of hydrogen-bond donors (Lipinski definition) is 3. The number of aromatic nitrogens is 4. The van der Waals surface area contributed by atoms with Crippen LogP contribution in [-0.2, 0) is 20.5 Å². The Morgan fingerprint density at radius 3 is 2.50 bits per heavy atom. The lowest BCUT2D eigenvalue weighted by atomic mass is 9.76. The van der Waals surface area contributed by atoms with Crippen molar-refractivity contribution in [1.29, 1.82) is 0 Å². The van der Waals surface area contributed by atoms with Gasteiger partial charge in [-0.1, -0.05) is 29.3 Å². The predicted molar refractivity (Wildman–Crippen MR) is 201 cm³/mol. The molecule has 3 saturated heterocycles. The summed E-state index contributed by atoms with van der Waals surface area (Å²) in [6.45, 7) is 3.52. The van der Waals surface area contributed by atoms with Gasteiger partial charge in [-0.2, -0.15) is 15.4 Å². The molecule has 54 heavy (non-hydrogen) atoms. The molecule has 5 heterocycles. The summed E-state index contributed by atoms with van der Waals surface area (Å²) < 4.78 is 11.0. The number of carboxylic acid groups (broad SMARTS) is 1. The van der Waals surface area contributed by atoms with Crippen molar-refractivity contribution in [3.8, 4) is 17.0 Å². The van der Waals surface area contributed by atoms with E-state index in [4.69, 9.17) is 32.7 Å². The number of halogens is 2. The molecule has 16 heteroatoms. The Balaban J connectivity index is 1.09. The van der Waals surface area contributed by atoms with Crippen LogP contribution in [0.15, 0.2) is 67.1 Å². The van der Waals surface area contributed by atoms with Crippen LogP contribution in [0.2, 0.25) is 10.0 Å². The fraction of sp³-hybridized carbons (Fsp3) is 0.421. The molecule has 3 aliphatic rings. The van der Waals surface area contributed by atoms with Gasteiger partial charge in [0, 0.05) is 56.1 Å². The van der Waals surface area contributed by atoms with Crippen molar-refractivity contribution in [3.05, 3.63) is 93.9 Å². The number of methoxy groups -OCH3 is 1. The minimum absolute atomic E-state index is 0.0505. The van der Waals surface area contributed by atoms with Crippen molar-refractivity contribution in [2.45, 2.75) is 42.7 Å². The maximum absolute atomic E-state index is 14.2. The van der Waals surface area contributed by atoms with E-state index in [0.29, 0.717) is 66.1 Å². The summed E-state index contributed by atoms with van der Waals surface area (Å²) >= 11 is 12.9. The highest BCUT2D eigenvalue weighted by atomic mass is 35.5. The molecule has 3 N–H and O–H groups in total. The van der Waals surface area contributed by atoms with E-state index in [2.05, 4.69) is 30.6 Å². The number of carbonyl (C=O) groups excluding carboxylic acids is 2. The fourth-order valence-corrected chi connectivity index (χ4v) is 8.31. The van der Waals surface area contributed by atoms with E-state index in [9.17, 15) is 19.5 Å². The Hall–Kier alpha value is -4.76. The lowest BCUT2D eigenvalue weighted by molar-refractivity contribution is -0.147. The number of rotatable bonds is 10. The van der Waals surface area contributed by atoms with Crippen LogP contribution in [0.25, 0.3) is 11.3 Å². The first-order valence-corrected chi connectivity index (χ1v) is 18.7. The van der Waals surface area contributed by atoms with Crippen molar-refractivity contribution in [3.63, 3.8) is 0 Å². The number of carboxylic acids is 1. The standard InChI is InChI=1S/C38H42Cl2N8O6/c1-53-33-5-2-25(31-22-42-45-44-31)20-28(33)34(49)47-17-9-37(24-47,27-3-4-29(39)30(40)21-27)8-14-46-15-10-38(11-16-46,26-6-12-41-13-7-26)43-36(52)48-18-19-54-23-32(48)35(50)51/h2-7,12-13,20-22,32H,8-11,14-19,23-24H2,1H3,(H,43,52)(H,50,51)(H,42,44,45). The van der Waals surface area contributed by atoms with Crippen molar-refractivity contribution < 1.29 is 29.0 Å². The number of likely N-dealkylation sites (tertiary alicyclic amines) is 2. The third kappa shape index (κ3) is 7.61. The topological polar surface area (TPSA) is 166 Å². The van der Waals surface area contributed by atoms with Crippen molar-refractivity contribution >= 4 is 41.1 Å². The summed E-state index contributed by atoms with van der Waals surface area (Å²) in [4.78, 5) is 49.7. The Kier molecular flexibility index (Phi) is 11.1. The Bertz CT molecular complexity index is 1980. The van der Waals surface area contributed by atoms with Crippen molar-refractivity contribution in [1.82, 2.24) is 40.4 Å². The van der Waals surface area contributed by atoms with Gasteiger partial charge in [-0.15, -0.1) is 0 Å². The van der Waals surface area contributed by atoms with Crippen LogP contribution in [0.1, 0.15) is 47.2 Å². The zero-order valence-corrected chi connectivity index (χ0v) is 31.4. The lowest BCUT2D eigenvalue weighted by Crippen LogP contribution is -2.61. The Morgan fingerprint density at radius 2 is 1.80 bits per heavy atom. The predicted octanol–water partition coefficient (Wildman–Crippen LogP) is 4.84. The maximum atomic E-state index is 14.2. The van der Waals surface area contributed by atoms with Gasteiger partial charge in [-0.25, -0.2) is 9.59 Å². The number of morpholine rings is 1. The molecular weight excluding hydrogens is 735 g/mol. The van der Waals surface area contributed by atoms with E-state index in [1.807, 2.05) is 41.3 Å². The molecule has 2 unspecified atom stereocenters. The van der Waals surface area contributed by atoms with Gasteiger partial charge in [0.15, 0.2) is 6.04 Å². The summed E-state index contributed by atoms with van der Waals surface area (Å²) in [5, 5.41) is 24.6. The number of aromatic amines is 1. The highest BCUT2D eigenvalue weighted by Gasteiger charge is 2.44. The molecule has 284 valence electrons. The third-order valence-corrected chi connectivity index (χ3v) is 11.9. The normalized spacial score (nSPS) is 21.5. The van der Waals surface area contributed by atoms with Gasteiger partial charge in [-0.05, 0) is 85.8 Å². The van der Waals surface area contributed by atoms with Crippen LogP contribution >= 0.6 is 23.2 Å². The van der Waals surface area contributed by atoms with Crippen LogP contribution in [0, 0.1) is 0 Å². The molecule has 2 aromatic carbocycles. The molecule has 0 aliphatic carbocycles. The van der Waals surface area contributed by atoms with E-state index in [0.717, 1.165) is 36.1 Å².